The Balaban J connectivity index is 1.66. The van der Waals surface area contributed by atoms with Crippen LogP contribution in [0.4, 0.5) is 34.8 Å². The van der Waals surface area contributed by atoms with E-state index >= 15 is 0 Å². The number of aromatic nitrogens is 1. The number of piperazine rings is 1. The summed E-state index contributed by atoms with van der Waals surface area (Å²) in [7, 11) is 2.04. The maximum absolute atomic E-state index is 14.8. The van der Waals surface area contributed by atoms with Gasteiger partial charge in [0.15, 0.2) is 5.11 Å². The number of anilines is 3. The Kier molecular flexibility index (Phi) is 8.45. The minimum absolute atomic E-state index is 0.00573. The highest BCUT2D eigenvalue weighted by molar-refractivity contribution is 7.80. The van der Waals surface area contributed by atoms with Crippen molar-refractivity contribution in [3.63, 3.8) is 0 Å². The molecular formula is C21H26F4N8S. The number of likely N-dealkylation sites (N-methyl/N-ethyl adjacent to an activating group) is 1. The third kappa shape index (κ3) is 7.15. The predicted octanol–water partition coefficient (Wildman–Crippen LogP) is 2.68. The van der Waals surface area contributed by atoms with Crippen molar-refractivity contribution in [2.45, 2.75) is 6.18 Å². The number of pyridine rings is 1. The minimum Gasteiger partial charge on any atom is -0.381 e. The molecule has 1 aliphatic rings. The number of nitrogens with zero attached hydrogens (tertiary/aromatic N) is 4. The second-order valence-electron chi connectivity index (χ2n) is 7.70. The second kappa shape index (κ2) is 11.3. The molecule has 1 aliphatic heterocycles. The van der Waals surface area contributed by atoms with Crippen molar-refractivity contribution in [3.8, 4) is 0 Å². The zero-order valence-corrected chi connectivity index (χ0v) is 19.3. The van der Waals surface area contributed by atoms with Crippen molar-refractivity contribution in [1.29, 1.82) is 0 Å². The first kappa shape index (κ1) is 25.4. The molecule has 5 N–H and O–H groups in total. The lowest BCUT2D eigenvalue weighted by atomic mass is 10.1. The van der Waals surface area contributed by atoms with Gasteiger partial charge in [-0.15, -0.1) is 0 Å². The summed E-state index contributed by atoms with van der Waals surface area (Å²) in [5, 5.41) is 9.90. The van der Waals surface area contributed by atoms with E-state index in [1.807, 2.05) is 7.05 Å². The summed E-state index contributed by atoms with van der Waals surface area (Å²) in [6.45, 7) is 3.91. The van der Waals surface area contributed by atoms with E-state index in [9.17, 15) is 17.6 Å². The number of rotatable bonds is 8. The summed E-state index contributed by atoms with van der Waals surface area (Å²) in [5.74, 6) is -0.174. The van der Waals surface area contributed by atoms with Crippen molar-refractivity contribution < 1.29 is 17.6 Å². The van der Waals surface area contributed by atoms with E-state index in [-0.39, 0.29) is 5.11 Å². The van der Waals surface area contributed by atoms with Crippen molar-refractivity contribution in [1.82, 2.24) is 15.3 Å². The fourth-order valence-electron chi connectivity index (χ4n) is 3.36. The summed E-state index contributed by atoms with van der Waals surface area (Å²) in [4.78, 5) is 8.12. The van der Waals surface area contributed by atoms with Gasteiger partial charge in [0.1, 0.15) is 11.6 Å². The van der Waals surface area contributed by atoms with Crippen molar-refractivity contribution in [3.05, 3.63) is 47.4 Å². The van der Waals surface area contributed by atoms with Gasteiger partial charge >= 0.3 is 6.18 Å². The summed E-state index contributed by atoms with van der Waals surface area (Å²) in [6.07, 6.45) is -2.20. The topological polar surface area (TPSA) is 93.8 Å². The molecule has 1 saturated heterocycles. The first-order chi connectivity index (χ1) is 16.1. The smallest absolute Gasteiger partial charge is 0.381 e. The van der Waals surface area contributed by atoms with Crippen LogP contribution in [0.5, 0.6) is 0 Å². The van der Waals surface area contributed by atoms with Crippen LogP contribution in [0.2, 0.25) is 0 Å². The fourth-order valence-corrected chi connectivity index (χ4v) is 3.41. The number of thiocarbonyl (C=S) groups is 1. The van der Waals surface area contributed by atoms with Gasteiger partial charge in [0.25, 0.3) is 0 Å². The Morgan fingerprint density at radius 1 is 1.18 bits per heavy atom. The van der Waals surface area contributed by atoms with Gasteiger partial charge < -0.3 is 26.2 Å². The number of halogens is 4. The number of alkyl halides is 3. The molecule has 184 valence electrons. The van der Waals surface area contributed by atoms with Crippen LogP contribution in [0.15, 0.2) is 35.6 Å². The molecule has 0 saturated carbocycles. The molecule has 0 bridgehead atoms. The SMILES string of the molecule is CN1CCN(c2cc(NCCNc3ccc(C(F)(F)F)cn3)c(F)cc2/C=N\NC(N)=S)CC1. The number of benzene rings is 1. The summed E-state index contributed by atoms with van der Waals surface area (Å²) in [6, 6.07) is 5.31. The first-order valence-corrected chi connectivity index (χ1v) is 10.9. The molecule has 3 rings (SSSR count). The summed E-state index contributed by atoms with van der Waals surface area (Å²) >= 11 is 4.74. The minimum atomic E-state index is -4.44. The van der Waals surface area contributed by atoms with Crippen molar-refractivity contribution in [2.24, 2.45) is 10.8 Å². The molecule has 0 amide bonds. The van der Waals surface area contributed by atoms with Crippen LogP contribution in [0.3, 0.4) is 0 Å². The molecule has 34 heavy (non-hydrogen) atoms. The van der Waals surface area contributed by atoms with Gasteiger partial charge in [-0.3, -0.25) is 5.43 Å². The van der Waals surface area contributed by atoms with Crippen LogP contribution in [-0.4, -0.2) is 67.5 Å². The largest absolute Gasteiger partial charge is 0.417 e. The van der Waals surface area contributed by atoms with Gasteiger partial charge in [-0.1, -0.05) is 0 Å². The van der Waals surface area contributed by atoms with Crippen LogP contribution in [-0.2, 0) is 6.18 Å². The molecule has 1 aromatic carbocycles. The molecule has 2 heterocycles. The third-order valence-corrected chi connectivity index (χ3v) is 5.27. The van der Waals surface area contributed by atoms with E-state index in [1.165, 1.54) is 18.3 Å². The maximum atomic E-state index is 14.8. The average Bonchev–Trinajstić information content (AvgIpc) is 2.78. The molecule has 2 aromatic rings. The van der Waals surface area contributed by atoms with Crippen LogP contribution in [0.1, 0.15) is 11.1 Å². The normalized spacial score (nSPS) is 14.9. The van der Waals surface area contributed by atoms with E-state index in [1.54, 1.807) is 6.07 Å². The van der Waals surface area contributed by atoms with Crippen LogP contribution in [0, 0.1) is 5.82 Å². The molecule has 13 heteroatoms. The Morgan fingerprint density at radius 3 is 2.50 bits per heavy atom. The van der Waals surface area contributed by atoms with Crippen LogP contribution in [0.25, 0.3) is 0 Å². The number of nitrogens with two attached hydrogens (primary N) is 1. The van der Waals surface area contributed by atoms with Gasteiger partial charge in [0, 0.05) is 56.7 Å². The predicted molar refractivity (Wildman–Crippen MR) is 130 cm³/mol. The Labute approximate surface area is 200 Å². The van der Waals surface area contributed by atoms with Crippen LogP contribution < -0.4 is 26.7 Å². The monoisotopic (exact) mass is 498 g/mol. The maximum Gasteiger partial charge on any atom is 0.417 e. The summed E-state index contributed by atoms with van der Waals surface area (Å²) < 4.78 is 52.7. The standard InChI is InChI=1S/C21H26F4N8S/c1-32-6-8-33(9-7-32)18-11-17(16(22)10-14(18)12-30-31-20(26)34)27-4-5-28-19-3-2-15(13-29-19)21(23,24)25/h2-3,10-13,27H,4-9H2,1H3,(H,28,29)(H3,26,31,34)/b30-12-. The molecule has 1 fully saturated rings. The zero-order chi connectivity index (χ0) is 24.7. The highest BCUT2D eigenvalue weighted by Crippen LogP contribution is 2.29. The van der Waals surface area contributed by atoms with Gasteiger partial charge in [0.2, 0.25) is 0 Å². The zero-order valence-electron chi connectivity index (χ0n) is 18.5. The van der Waals surface area contributed by atoms with Gasteiger partial charge in [-0.25, -0.2) is 9.37 Å². The number of nitrogens with one attached hydrogen (secondary N) is 3. The number of hydrazone groups is 1. The summed E-state index contributed by atoms with van der Waals surface area (Å²) in [5.41, 5.74) is 8.73. The number of hydrogen-bond acceptors (Lipinski definition) is 7. The molecular weight excluding hydrogens is 472 g/mol. The van der Waals surface area contributed by atoms with Crippen molar-refractivity contribution >= 4 is 40.7 Å². The highest BCUT2D eigenvalue weighted by atomic mass is 32.1. The van der Waals surface area contributed by atoms with E-state index in [0.29, 0.717) is 30.2 Å². The molecule has 1 aromatic heterocycles. The van der Waals surface area contributed by atoms with Gasteiger partial charge in [0.05, 0.1) is 17.5 Å². The lowest BCUT2D eigenvalue weighted by Gasteiger charge is -2.35. The van der Waals surface area contributed by atoms with E-state index in [2.05, 4.69) is 35.9 Å². The fraction of sp³-hybridized carbons (Fsp3) is 0.381. The number of hydrogen-bond donors (Lipinski definition) is 4. The lowest BCUT2D eigenvalue weighted by molar-refractivity contribution is -0.137. The van der Waals surface area contributed by atoms with E-state index in [0.717, 1.165) is 44.1 Å². The molecule has 8 nitrogen and oxygen atoms in total. The quantitative estimate of drug-likeness (QED) is 0.145. The Hall–Kier alpha value is -3.19. The van der Waals surface area contributed by atoms with Gasteiger partial charge in [-0.05, 0) is 43.5 Å². The third-order valence-electron chi connectivity index (χ3n) is 5.18. The first-order valence-electron chi connectivity index (χ1n) is 10.5. The van der Waals surface area contributed by atoms with E-state index < -0.39 is 17.6 Å². The molecule has 0 aliphatic carbocycles. The molecule has 0 radical (unpaired) electrons. The van der Waals surface area contributed by atoms with Gasteiger partial charge in [-0.2, -0.15) is 18.3 Å². The molecule has 0 atom stereocenters. The van der Waals surface area contributed by atoms with Crippen LogP contribution >= 0.6 is 12.2 Å². The Morgan fingerprint density at radius 2 is 1.88 bits per heavy atom. The molecule has 0 spiro atoms. The van der Waals surface area contributed by atoms with E-state index in [4.69, 9.17) is 18.0 Å². The highest BCUT2D eigenvalue weighted by Gasteiger charge is 2.30. The molecule has 0 unspecified atom stereocenters. The average molecular weight is 499 g/mol. The lowest BCUT2D eigenvalue weighted by Crippen LogP contribution is -2.44. The second-order valence-corrected chi connectivity index (χ2v) is 8.14. The van der Waals surface area contributed by atoms with Crippen molar-refractivity contribution in [2.75, 3.05) is 61.8 Å². The Bertz CT molecular complexity index is 1010.